The molecule has 0 bridgehead atoms. The summed E-state index contributed by atoms with van der Waals surface area (Å²) in [6.45, 7) is 3.65. The van der Waals surface area contributed by atoms with Crippen LogP contribution in [0, 0.1) is 0 Å². The molecule has 0 saturated heterocycles. The number of nitrogens with two attached hydrogens (primary N) is 1. The second-order valence-corrected chi connectivity index (χ2v) is 2.94. The number of hydrogen-bond acceptors (Lipinski definition) is 3. The minimum Gasteiger partial charge on any atom is -0.382 e. The molecule has 0 radical (unpaired) electrons. The van der Waals surface area contributed by atoms with Crippen LogP contribution >= 0.6 is 11.6 Å². The highest BCUT2D eigenvalue weighted by Crippen LogP contribution is 2.00. The predicted molar refractivity (Wildman–Crippen MR) is 50.3 cm³/mol. The van der Waals surface area contributed by atoms with E-state index >= 15 is 0 Å². The van der Waals surface area contributed by atoms with Gasteiger partial charge in [0.05, 0.1) is 6.54 Å². The number of anilines is 1. The quantitative estimate of drug-likeness (QED) is 0.664. The maximum absolute atomic E-state index is 11.2. The summed E-state index contributed by atoms with van der Waals surface area (Å²) in [5.74, 6) is -0.0409. The molecule has 1 aromatic heterocycles. The fraction of sp³-hybridized carbons (Fsp3) is 0.143. The van der Waals surface area contributed by atoms with Crippen molar-refractivity contribution in [3.63, 3.8) is 0 Å². The van der Waals surface area contributed by atoms with Gasteiger partial charge < -0.3 is 11.1 Å². The average molecular weight is 201 g/mol. The highest BCUT2D eigenvalue weighted by Gasteiger charge is 2.07. The van der Waals surface area contributed by atoms with E-state index in [1.165, 1.54) is 6.07 Å². The molecule has 70 valence electrons. The topological polar surface area (TPSA) is 83.8 Å². The van der Waals surface area contributed by atoms with Crippen molar-refractivity contribution in [3.05, 3.63) is 23.4 Å². The van der Waals surface area contributed by atoms with Gasteiger partial charge in [-0.05, 0) is 0 Å². The second-order valence-electron chi connectivity index (χ2n) is 2.41. The van der Waals surface area contributed by atoms with Crippen molar-refractivity contribution in [3.8, 4) is 0 Å². The lowest BCUT2D eigenvalue weighted by atomic mass is 10.4. The number of carbonyl (C=O) groups excluding carboxylic acids is 1. The van der Waals surface area contributed by atoms with Gasteiger partial charge in [-0.25, -0.2) is 0 Å². The number of rotatable bonds is 3. The first-order valence-corrected chi connectivity index (χ1v) is 3.89. The summed E-state index contributed by atoms with van der Waals surface area (Å²) >= 11 is 5.45. The molecular formula is C7H9ClN4O. The molecule has 1 heterocycles. The molecule has 0 saturated carbocycles. The molecule has 0 aromatic carbocycles. The number of nitrogen functional groups attached to an aromatic ring is 1. The first-order valence-electron chi connectivity index (χ1n) is 3.52. The number of aromatic amines is 1. The van der Waals surface area contributed by atoms with Gasteiger partial charge in [-0.2, -0.15) is 5.10 Å². The lowest BCUT2D eigenvalue weighted by Crippen LogP contribution is -2.24. The van der Waals surface area contributed by atoms with E-state index in [1.54, 1.807) is 0 Å². The fourth-order valence-electron chi connectivity index (χ4n) is 0.725. The third-order valence-corrected chi connectivity index (χ3v) is 1.42. The van der Waals surface area contributed by atoms with Gasteiger partial charge in [-0.15, -0.1) is 0 Å². The SMILES string of the molecule is C=C(Cl)CNC(=O)c1cc(N)n[nH]1. The van der Waals surface area contributed by atoms with Crippen LogP contribution in [0.2, 0.25) is 0 Å². The number of hydrogen-bond donors (Lipinski definition) is 3. The van der Waals surface area contributed by atoms with Gasteiger partial charge in [-0.1, -0.05) is 18.2 Å². The van der Waals surface area contributed by atoms with Gasteiger partial charge in [0.2, 0.25) is 0 Å². The minimum atomic E-state index is -0.314. The Morgan fingerprint density at radius 3 is 3.00 bits per heavy atom. The number of halogens is 1. The van der Waals surface area contributed by atoms with Crippen molar-refractivity contribution in [2.24, 2.45) is 0 Å². The summed E-state index contributed by atoms with van der Waals surface area (Å²) in [6.07, 6.45) is 0. The second kappa shape index (κ2) is 3.95. The maximum atomic E-state index is 11.2. The molecule has 0 aliphatic heterocycles. The van der Waals surface area contributed by atoms with Crippen LogP contribution in [-0.2, 0) is 0 Å². The van der Waals surface area contributed by atoms with E-state index in [4.69, 9.17) is 17.3 Å². The monoisotopic (exact) mass is 200 g/mol. The highest BCUT2D eigenvalue weighted by molar-refractivity contribution is 6.29. The Morgan fingerprint density at radius 1 is 1.85 bits per heavy atom. The first-order chi connectivity index (χ1) is 6.09. The standard InChI is InChI=1S/C7H9ClN4O/c1-4(8)3-10-7(13)5-2-6(9)12-11-5/h2H,1,3H2,(H,10,13)(H3,9,11,12). The van der Waals surface area contributed by atoms with Gasteiger partial charge in [-0.3, -0.25) is 9.89 Å². The summed E-state index contributed by atoms with van der Waals surface area (Å²) in [5.41, 5.74) is 5.61. The molecule has 13 heavy (non-hydrogen) atoms. The highest BCUT2D eigenvalue weighted by atomic mass is 35.5. The zero-order valence-corrected chi connectivity index (χ0v) is 7.56. The van der Waals surface area contributed by atoms with E-state index in [9.17, 15) is 4.79 Å². The minimum absolute atomic E-state index is 0.222. The molecule has 6 heteroatoms. The first kappa shape index (κ1) is 9.60. The molecule has 0 aliphatic carbocycles. The van der Waals surface area contributed by atoms with E-state index in [0.717, 1.165) is 0 Å². The van der Waals surface area contributed by atoms with Crippen molar-refractivity contribution in [2.45, 2.75) is 0 Å². The molecule has 4 N–H and O–H groups in total. The van der Waals surface area contributed by atoms with Crippen LogP contribution in [0.25, 0.3) is 0 Å². The molecule has 0 spiro atoms. The van der Waals surface area contributed by atoms with Gasteiger partial charge in [0.25, 0.3) is 5.91 Å². The van der Waals surface area contributed by atoms with Crippen LogP contribution in [0.1, 0.15) is 10.5 Å². The third-order valence-electron chi connectivity index (χ3n) is 1.28. The van der Waals surface area contributed by atoms with E-state index in [0.29, 0.717) is 10.7 Å². The van der Waals surface area contributed by atoms with Crippen LogP contribution in [0.3, 0.4) is 0 Å². The molecule has 1 aromatic rings. The predicted octanol–water partition coefficient (Wildman–Crippen LogP) is 0.474. The van der Waals surface area contributed by atoms with Crippen LogP contribution in [0.15, 0.2) is 17.7 Å². The van der Waals surface area contributed by atoms with Gasteiger partial charge in [0.1, 0.15) is 11.5 Å². The largest absolute Gasteiger partial charge is 0.382 e. The van der Waals surface area contributed by atoms with Crippen LogP contribution in [0.4, 0.5) is 5.82 Å². The van der Waals surface area contributed by atoms with Gasteiger partial charge in [0.15, 0.2) is 0 Å². The lowest BCUT2D eigenvalue weighted by Gasteiger charge is -1.99. The Kier molecular flexibility index (Phi) is 2.92. The summed E-state index contributed by atoms with van der Waals surface area (Å²) in [6, 6.07) is 1.44. The zero-order chi connectivity index (χ0) is 9.84. The summed E-state index contributed by atoms with van der Waals surface area (Å²) < 4.78 is 0. The Morgan fingerprint density at radius 2 is 2.54 bits per heavy atom. The van der Waals surface area contributed by atoms with Crippen LogP contribution in [-0.4, -0.2) is 22.6 Å². The molecule has 0 fully saturated rings. The molecule has 0 atom stereocenters. The number of nitrogens with one attached hydrogen (secondary N) is 2. The van der Waals surface area contributed by atoms with E-state index in [2.05, 4.69) is 22.1 Å². The Hall–Kier alpha value is -1.49. The van der Waals surface area contributed by atoms with Gasteiger partial charge in [0, 0.05) is 11.1 Å². The zero-order valence-electron chi connectivity index (χ0n) is 6.80. The number of amides is 1. The van der Waals surface area contributed by atoms with Crippen molar-refractivity contribution in [1.82, 2.24) is 15.5 Å². The smallest absolute Gasteiger partial charge is 0.269 e. The summed E-state index contributed by atoms with van der Waals surface area (Å²) in [4.78, 5) is 11.2. The van der Waals surface area contributed by atoms with E-state index in [1.807, 2.05) is 0 Å². The normalized spacial score (nSPS) is 9.62. The van der Waals surface area contributed by atoms with Crippen LogP contribution < -0.4 is 11.1 Å². The molecule has 0 unspecified atom stereocenters. The molecule has 1 rings (SSSR count). The number of carbonyl (C=O) groups is 1. The maximum Gasteiger partial charge on any atom is 0.269 e. The van der Waals surface area contributed by atoms with E-state index in [-0.39, 0.29) is 18.3 Å². The molecular weight excluding hydrogens is 192 g/mol. The number of nitrogens with zero attached hydrogens (tertiary/aromatic N) is 1. The van der Waals surface area contributed by atoms with Crippen molar-refractivity contribution in [1.29, 1.82) is 0 Å². The Balaban J connectivity index is 2.54. The molecule has 0 aliphatic rings. The van der Waals surface area contributed by atoms with Gasteiger partial charge >= 0.3 is 0 Å². The number of aromatic nitrogens is 2. The van der Waals surface area contributed by atoms with Crippen molar-refractivity contribution < 1.29 is 4.79 Å². The Labute approximate surface area is 80.0 Å². The summed E-state index contributed by atoms with van der Waals surface area (Å²) in [7, 11) is 0. The average Bonchev–Trinajstić information content (AvgIpc) is 2.47. The van der Waals surface area contributed by atoms with Crippen molar-refractivity contribution >= 4 is 23.3 Å². The summed E-state index contributed by atoms with van der Waals surface area (Å²) in [5, 5.41) is 8.95. The molecule has 1 amide bonds. The van der Waals surface area contributed by atoms with E-state index < -0.39 is 0 Å². The van der Waals surface area contributed by atoms with Crippen LogP contribution in [0.5, 0.6) is 0 Å². The third kappa shape index (κ3) is 2.79. The van der Waals surface area contributed by atoms with Crippen molar-refractivity contribution in [2.75, 3.05) is 12.3 Å². The lowest BCUT2D eigenvalue weighted by molar-refractivity contribution is 0.0952. The fourth-order valence-corrected chi connectivity index (χ4v) is 0.792. The number of H-pyrrole nitrogens is 1. The Bertz CT molecular complexity index is 333. The molecule has 5 nitrogen and oxygen atoms in total.